The SMILES string of the molecule is Cc1ccc2c(c1)C(=O)C1(O)CCN(c3ccc(O[P+](=O)O)cc3)C1=N2. The maximum absolute atomic E-state index is 12.9. The zero-order valence-electron chi connectivity index (χ0n) is 13.9. The molecule has 2 aliphatic rings. The first-order valence-electron chi connectivity index (χ1n) is 8.07. The quantitative estimate of drug-likeness (QED) is 0.805. The number of carbonyl (C=O) groups excluding carboxylic acids is 1. The van der Waals surface area contributed by atoms with E-state index in [2.05, 4.69) is 4.99 Å². The van der Waals surface area contributed by atoms with Crippen LogP contribution in [0.4, 0.5) is 11.4 Å². The van der Waals surface area contributed by atoms with Crippen LogP contribution in [0.2, 0.25) is 0 Å². The lowest BCUT2D eigenvalue weighted by Crippen LogP contribution is -2.48. The summed E-state index contributed by atoms with van der Waals surface area (Å²) in [5.74, 6) is 0.232. The predicted octanol–water partition coefficient (Wildman–Crippen LogP) is 2.89. The molecule has 0 bridgehead atoms. The number of hydrogen-bond donors (Lipinski definition) is 2. The molecule has 0 amide bonds. The van der Waals surface area contributed by atoms with Gasteiger partial charge < -0.3 is 10.0 Å². The average molecular weight is 371 g/mol. The minimum atomic E-state index is -2.73. The van der Waals surface area contributed by atoms with Gasteiger partial charge >= 0.3 is 8.25 Å². The van der Waals surface area contributed by atoms with Crippen LogP contribution in [-0.2, 0) is 4.57 Å². The van der Waals surface area contributed by atoms with Crippen LogP contribution in [0.3, 0.4) is 0 Å². The highest BCUT2D eigenvalue weighted by Gasteiger charge is 2.52. The van der Waals surface area contributed by atoms with Gasteiger partial charge in [-0.25, -0.2) is 9.52 Å². The van der Waals surface area contributed by atoms with E-state index in [1.165, 1.54) is 0 Å². The van der Waals surface area contributed by atoms with E-state index in [1.54, 1.807) is 41.3 Å². The fourth-order valence-electron chi connectivity index (χ4n) is 3.38. The summed E-state index contributed by atoms with van der Waals surface area (Å²) in [4.78, 5) is 28.0. The summed E-state index contributed by atoms with van der Waals surface area (Å²) in [6, 6.07) is 11.9. The number of amidine groups is 1. The lowest BCUT2D eigenvalue weighted by molar-refractivity contribution is 0.0602. The van der Waals surface area contributed by atoms with Crippen molar-refractivity contribution >= 4 is 31.2 Å². The van der Waals surface area contributed by atoms with Gasteiger partial charge in [-0.15, -0.1) is 4.89 Å². The summed E-state index contributed by atoms with van der Waals surface area (Å²) < 4.78 is 15.5. The van der Waals surface area contributed by atoms with Gasteiger partial charge in [0.1, 0.15) is 5.84 Å². The van der Waals surface area contributed by atoms with Crippen molar-refractivity contribution in [3.63, 3.8) is 0 Å². The highest BCUT2D eigenvalue weighted by Crippen LogP contribution is 2.40. The number of ketones is 1. The molecule has 8 heteroatoms. The Morgan fingerprint density at radius 2 is 1.96 bits per heavy atom. The minimum absolute atomic E-state index is 0.249. The second-order valence-corrected chi connectivity index (χ2v) is 7.03. The molecule has 2 aromatic rings. The summed E-state index contributed by atoms with van der Waals surface area (Å²) in [6.45, 7) is 2.32. The third kappa shape index (κ3) is 2.61. The highest BCUT2D eigenvalue weighted by molar-refractivity contribution is 7.32. The Hall–Kier alpha value is -2.60. The number of nitrogens with zero attached hydrogens (tertiary/aromatic N) is 2. The third-order valence-corrected chi connectivity index (χ3v) is 5.02. The molecule has 2 aromatic carbocycles. The molecule has 2 heterocycles. The molecule has 2 unspecified atom stereocenters. The Kier molecular flexibility index (Phi) is 3.88. The van der Waals surface area contributed by atoms with Gasteiger partial charge in [0.25, 0.3) is 0 Å². The Bertz CT molecular complexity index is 957. The molecule has 2 atom stereocenters. The first kappa shape index (κ1) is 16.8. The minimum Gasteiger partial charge on any atom is -0.374 e. The van der Waals surface area contributed by atoms with Crippen LogP contribution < -0.4 is 9.42 Å². The number of rotatable bonds is 3. The van der Waals surface area contributed by atoms with E-state index in [1.807, 2.05) is 13.0 Å². The van der Waals surface area contributed by atoms with Crippen molar-refractivity contribution in [2.45, 2.75) is 18.9 Å². The first-order valence-corrected chi connectivity index (χ1v) is 9.20. The molecule has 2 N–H and O–H groups in total. The number of hydrogen-bond acceptors (Lipinski definition) is 6. The molecule has 7 nitrogen and oxygen atoms in total. The van der Waals surface area contributed by atoms with E-state index < -0.39 is 13.9 Å². The van der Waals surface area contributed by atoms with Gasteiger partial charge in [-0.2, -0.15) is 0 Å². The van der Waals surface area contributed by atoms with Gasteiger partial charge in [-0.05, 0) is 43.3 Å². The number of carbonyl (C=O) groups is 1. The predicted molar refractivity (Wildman–Crippen MR) is 96.4 cm³/mol. The van der Waals surface area contributed by atoms with Crippen molar-refractivity contribution in [3.05, 3.63) is 53.6 Å². The monoisotopic (exact) mass is 371 g/mol. The van der Waals surface area contributed by atoms with Gasteiger partial charge in [0.2, 0.25) is 5.78 Å². The fourth-order valence-corrected chi connectivity index (χ4v) is 3.68. The summed E-state index contributed by atoms with van der Waals surface area (Å²) >= 11 is 0. The van der Waals surface area contributed by atoms with Crippen LogP contribution in [0, 0.1) is 6.92 Å². The van der Waals surface area contributed by atoms with Crippen LogP contribution in [0.5, 0.6) is 5.75 Å². The smallest absolute Gasteiger partial charge is 0.374 e. The van der Waals surface area contributed by atoms with Crippen molar-refractivity contribution in [1.82, 2.24) is 0 Å². The van der Waals surface area contributed by atoms with Crippen molar-refractivity contribution in [1.29, 1.82) is 0 Å². The highest BCUT2D eigenvalue weighted by atomic mass is 31.1. The van der Waals surface area contributed by atoms with E-state index in [-0.39, 0.29) is 18.0 Å². The summed E-state index contributed by atoms with van der Waals surface area (Å²) in [5.41, 5.74) is 0.998. The molecule has 0 spiro atoms. The first-order chi connectivity index (χ1) is 12.4. The standard InChI is InChI=1S/C18H15N2O5P/c1-11-2-7-15-14(10-11)16(21)18(22)8-9-20(17(18)19-15)12-3-5-13(6-4-12)25-26(23)24/h2-7,10,22H,8-9H2,1H3/p+1. The van der Waals surface area contributed by atoms with E-state index in [0.717, 1.165) is 5.56 Å². The van der Waals surface area contributed by atoms with Crippen LogP contribution in [0.15, 0.2) is 47.5 Å². The third-order valence-electron chi connectivity index (χ3n) is 4.65. The van der Waals surface area contributed by atoms with E-state index in [9.17, 15) is 14.5 Å². The second-order valence-electron chi connectivity index (χ2n) is 6.37. The fraction of sp³-hybridized carbons (Fsp3) is 0.222. The van der Waals surface area contributed by atoms with Gasteiger partial charge in [-0.3, -0.25) is 4.79 Å². The number of aliphatic hydroxyl groups is 1. The molecule has 1 saturated heterocycles. The van der Waals surface area contributed by atoms with Crippen molar-refractivity contribution in [3.8, 4) is 5.75 Å². The lowest BCUT2D eigenvalue weighted by atomic mass is 9.87. The van der Waals surface area contributed by atoms with Gasteiger partial charge in [0.15, 0.2) is 11.4 Å². The van der Waals surface area contributed by atoms with Gasteiger partial charge in [-0.1, -0.05) is 11.6 Å². The number of benzene rings is 2. The van der Waals surface area contributed by atoms with Gasteiger partial charge in [0.05, 0.1) is 5.69 Å². The molecule has 0 saturated carbocycles. The number of aliphatic imine (C=N–C) groups is 1. The van der Waals surface area contributed by atoms with Crippen molar-refractivity contribution < 1.29 is 23.9 Å². The van der Waals surface area contributed by atoms with Crippen molar-refractivity contribution in [2.75, 3.05) is 11.4 Å². The normalized spacial score (nSPS) is 21.8. The molecular formula is C18H16N2O5P+. The Labute approximate surface area is 150 Å². The molecule has 0 radical (unpaired) electrons. The second kappa shape index (κ2) is 5.99. The largest absolute Gasteiger partial charge is 0.747 e. The molecule has 0 aromatic heterocycles. The lowest BCUT2D eigenvalue weighted by Gasteiger charge is -2.29. The van der Waals surface area contributed by atoms with Crippen LogP contribution in [-0.4, -0.2) is 33.8 Å². The number of anilines is 1. The van der Waals surface area contributed by atoms with E-state index >= 15 is 0 Å². The number of Topliss-reactive ketones (excluding diaryl/α,β-unsaturated/α-hetero) is 1. The Morgan fingerprint density at radius 3 is 2.65 bits per heavy atom. The van der Waals surface area contributed by atoms with Crippen LogP contribution in [0.1, 0.15) is 22.3 Å². The summed E-state index contributed by atoms with van der Waals surface area (Å²) in [5, 5.41) is 11.0. The van der Waals surface area contributed by atoms with Crippen LogP contribution in [0.25, 0.3) is 0 Å². The molecule has 0 aliphatic carbocycles. The molecular weight excluding hydrogens is 355 g/mol. The molecule has 1 fully saturated rings. The van der Waals surface area contributed by atoms with Gasteiger partial charge in [0, 0.05) is 28.8 Å². The van der Waals surface area contributed by atoms with E-state index in [4.69, 9.17) is 9.42 Å². The topological polar surface area (TPSA) is 99.4 Å². The van der Waals surface area contributed by atoms with E-state index in [0.29, 0.717) is 29.3 Å². The summed E-state index contributed by atoms with van der Waals surface area (Å²) in [7, 11) is -2.73. The average Bonchev–Trinajstić information content (AvgIpc) is 2.94. The zero-order valence-corrected chi connectivity index (χ0v) is 14.8. The maximum Gasteiger partial charge on any atom is 0.747 e. The summed E-state index contributed by atoms with van der Waals surface area (Å²) in [6.07, 6.45) is 0.249. The number of aryl methyl sites for hydroxylation is 1. The molecule has 132 valence electrons. The van der Waals surface area contributed by atoms with Crippen LogP contribution >= 0.6 is 8.25 Å². The Balaban J connectivity index is 1.73. The molecule has 4 rings (SSSR count). The Morgan fingerprint density at radius 1 is 1.23 bits per heavy atom. The van der Waals surface area contributed by atoms with Crippen molar-refractivity contribution in [2.24, 2.45) is 4.99 Å². The maximum atomic E-state index is 12.9. The molecule has 26 heavy (non-hydrogen) atoms. The number of fused-ring (bicyclic) bond motifs is 2. The zero-order chi connectivity index (χ0) is 18.5. The molecule has 2 aliphatic heterocycles.